The largest absolute Gasteiger partial charge is 0.493 e. The van der Waals surface area contributed by atoms with Crippen molar-refractivity contribution in [2.24, 2.45) is 4.99 Å². The van der Waals surface area contributed by atoms with Gasteiger partial charge in [-0.15, -0.1) is 24.0 Å². The summed E-state index contributed by atoms with van der Waals surface area (Å²) in [5, 5.41) is 3.46. The first kappa shape index (κ1) is 28.0. The molecule has 1 aliphatic rings. The Labute approximate surface area is 209 Å². The average Bonchev–Trinajstić information content (AvgIpc) is 2.76. The molecule has 9 heteroatoms. The van der Waals surface area contributed by atoms with E-state index in [1.165, 1.54) is 0 Å². The van der Waals surface area contributed by atoms with Crippen LogP contribution in [0.5, 0.6) is 17.2 Å². The van der Waals surface area contributed by atoms with Gasteiger partial charge in [-0.25, -0.2) is 0 Å². The fourth-order valence-corrected chi connectivity index (χ4v) is 3.55. The van der Waals surface area contributed by atoms with Gasteiger partial charge in [0.15, 0.2) is 17.5 Å². The lowest BCUT2D eigenvalue weighted by atomic mass is 10.1. The van der Waals surface area contributed by atoms with Crippen LogP contribution in [0, 0.1) is 0 Å². The first-order valence-corrected chi connectivity index (χ1v) is 11.7. The molecule has 1 aromatic rings. The molecular formula is C22H39IN4O3S. The number of guanidine groups is 1. The second-order valence-corrected chi connectivity index (χ2v) is 9.44. The van der Waals surface area contributed by atoms with Crippen LogP contribution >= 0.6 is 35.7 Å². The van der Waals surface area contributed by atoms with Gasteiger partial charge in [0, 0.05) is 44.0 Å². The predicted octanol–water partition coefficient (Wildman–Crippen LogP) is 3.56. The Hall–Kier alpha value is -1.07. The fraction of sp³-hybridized carbons (Fsp3) is 0.682. The van der Waals surface area contributed by atoms with Crippen molar-refractivity contribution in [1.82, 2.24) is 15.1 Å². The van der Waals surface area contributed by atoms with Crippen LogP contribution in [0.1, 0.15) is 26.3 Å². The molecule has 0 bridgehead atoms. The maximum Gasteiger partial charge on any atom is 0.203 e. The Kier molecular flexibility index (Phi) is 12.2. The van der Waals surface area contributed by atoms with E-state index < -0.39 is 0 Å². The summed E-state index contributed by atoms with van der Waals surface area (Å²) in [6.07, 6.45) is 2.14. The number of ether oxygens (including phenoxy) is 3. The first-order valence-electron chi connectivity index (χ1n) is 10.5. The lowest BCUT2D eigenvalue weighted by Gasteiger charge is -2.37. The molecule has 1 saturated heterocycles. The summed E-state index contributed by atoms with van der Waals surface area (Å²) in [6, 6.07) is 4.06. The van der Waals surface area contributed by atoms with E-state index in [0.29, 0.717) is 17.2 Å². The molecule has 0 spiro atoms. The quantitative estimate of drug-likeness (QED) is 0.279. The van der Waals surface area contributed by atoms with Crippen molar-refractivity contribution in [2.45, 2.75) is 32.1 Å². The lowest BCUT2D eigenvalue weighted by molar-refractivity contribution is 0.172. The molecule has 2 rings (SSSR count). The topological polar surface area (TPSA) is 58.6 Å². The van der Waals surface area contributed by atoms with Gasteiger partial charge in [-0.2, -0.15) is 11.8 Å². The summed E-state index contributed by atoms with van der Waals surface area (Å²) in [7, 11) is 4.93. The minimum Gasteiger partial charge on any atom is -0.493 e. The van der Waals surface area contributed by atoms with Crippen LogP contribution in [-0.2, 0) is 6.54 Å². The normalized spacial score (nSPS) is 15.3. The number of rotatable bonds is 9. The number of benzene rings is 1. The second-order valence-electron chi connectivity index (χ2n) is 7.93. The van der Waals surface area contributed by atoms with Gasteiger partial charge in [0.2, 0.25) is 5.75 Å². The minimum absolute atomic E-state index is 0. The smallest absolute Gasteiger partial charge is 0.203 e. The Balaban J connectivity index is 0.00000480. The zero-order valence-corrected chi connectivity index (χ0v) is 23.1. The molecular weight excluding hydrogens is 527 g/mol. The zero-order valence-electron chi connectivity index (χ0n) is 20.0. The van der Waals surface area contributed by atoms with Crippen LogP contribution in [-0.4, -0.2) is 87.4 Å². The molecule has 0 aromatic heterocycles. The number of halogens is 1. The van der Waals surface area contributed by atoms with Crippen LogP contribution < -0.4 is 19.5 Å². The van der Waals surface area contributed by atoms with Gasteiger partial charge < -0.3 is 24.4 Å². The molecule has 31 heavy (non-hydrogen) atoms. The molecule has 1 aliphatic heterocycles. The highest BCUT2D eigenvalue weighted by Crippen LogP contribution is 2.38. The Morgan fingerprint density at radius 1 is 1.06 bits per heavy atom. The number of nitrogens with zero attached hydrogens (tertiary/aromatic N) is 3. The van der Waals surface area contributed by atoms with Crippen molar-refractivity contribution in [2.75, 3.05) is 66.9 Å². The minimum atomic E-state index is 0. The molecule has 1 fully saturated rings. The monoisotopic (exact) mass is 566 g/mol. The third kappa shape index (κ3) is 8.09. The molecule has 1 aromatic carbocycles. The van der Waals surface area contributed by atoms with Gasteiger partial charge >= 0.3 is 0 Å². The Morgan fingerprint density at radius 3 is 2.10 bits per heavy atom. The zero-order chi connectivity index (χ0) is 22.1. The summed E-state index contributed by atoms with van der Waals surface area (Å²) in [6.45, 7) is 13.0. The number of piperazine rings is 1. The number of hydrogen-bond donors (Lipinski definition) is 1. The van der Waals surface area contributed by atoms with Crippen LogP contribution in [0.3, 0.4) is 0 Å². The number of hydrogen-bond acceptors (Lipinski definition) is 6. The van der Waals surface area contributed by atoms with E-state index in [2.05, 4.69) is 42.1 Å². The maximum absolute atomic E-state index is 5.49. The van der Waals surface area contributed by atoms with E-state index in [0.717, 1.165) is 57.3 Å². The first-order chi connectivity index (χ1) is 14.4. The van der Waals surface area contributed by atoms with Gasteiger partial charge in [0.1, 0.15) is 0 Å². The second kappa shape index (κ2) is 13.5. The van der Waals surface area contributed by atoms with Gasteiger partial charge in [-0.3, -0.25) is 9.89 Å². The molecule has 0 unspecified atom stereocenters. The molecule has 178 valence electrons. The number of methoxy groups -OCH3 is 3. The molecule has 0 amide bonds. The van der Waals surface area contributed by atoms with E-state index in [-0.39, 0.29) is 28.7 Å². The molecule has 1 N–H and O–H groups in total. The van der Waals surface area contributed by atoms with Crippen molar-refractivity contribution in [3.8, 4) is 17.2 Å². The van der Waals surface area contributed by atoms with Crippen molar-refractivity contribution < 1.29 is 14.2 Å². The van der Waals surface area contributed by atoms with Gasteiger partial charge in [0.25, 0.3) is 0 Å². The highest BCUT2D eigenvalue weighted by Gasteiger charge is 2.22. The molecule has 7 nitrogen and oxygen atoms in total. The van der Waals surface area contributed by atoms with Crippen molar-refractivity contribution in [1.29, 1.82) is 0 Å². The maximum atomic E-state index is 5.49. The SMILES string of the molecule is CCNC(=NCC(C)(C)SC)N1CCN(Cc2cc(OC)c(OC)c(OC)c2)CC1.I. The molecule has 0 saturated carbocycles. The Morgan fingerprint density at radius 2 is 1.65 bits per heavy atom. The highest BCUT2D eigenvalue weighted by atomic mass is 127. The lowest BCUT2D eigenvalue weighted by Crippen LogP contribution is -2.52. The molecule has 0 atom stereocenters. The van der Waals surface area contributed by atoms with Crippen LogP contribution in [0.15, 0.2) is 17.1 Å². The summed E-state index contributed by atoms with van der Waals surface area (Å²) in [5.74, 6) is 3.05. The third-order valence-electron chi connectivity index (χ3n) is 5.30. The van der Waals surface area contributed by atoms with E-state index in [1.54, 1.807) is 21.3 Å². The summed E-state index contributed by atoms with van der Waals surface area (Å²) >= 11 is 1.85. The fourth-order valence-electron chi connectivity index (χ4n) is 3.36. The van der Waals surface area contributed by atoms with Gasteiger partial charge in [-0.1, -0.05) is 0 Å². The summed E-state index contributed by atoms with van der Waals surface area (Å²) in [5.41, 5.74) is 1.15. The number of thioether (sulfide) groups is 1. The van der Waals surface area contributed by atoms with E-state index in [4.69, 9.17) is 19.2 Å². The van der Waals surface area contributed by atoms with Crippen molar-refractivity contribution in [3.05, 3.63) is 17.7 Å². The van der Waals surface area contributed by atoms with Gasteiger partial charge in [0.05, 0.1) is 27.9 Å². The van der Waals surface area contributed by atoms with Gasteiger partial charge in [-0.05, 0) is 44.7 Å². The summed E-state index contributed by atoms with van der Waals surface area (Å²) in [4.78, 5) is 9.72. The van der Waals surface area contributed by atoms with Crippen molar-refractivity contribution in [3.63, 3.8) is 0 Å². The average molecular weight is 567 g/mol. The molecule has 1 heterocycles. The van der Waals surface area contributed by atoms with E-state index >= 15 is 0 Å². The Bertz CT molecular complexity index is 685. The summed E-state index contributed by atoms with van der Waals surface area (Å²) < 4.78 is 16.6. The predicted molar refractivity (Wildman–Crippen MR) is 142 cm³/mol. The van der Waals surface area contributed by atoms with Crippen LogP contribution in [0.2, 0.25) is 0 Å². The number of nitrogens with one attached hydrogen (secondary N) is 1. The van der Waals surface area contributed by atoms with E-state index in [9.17, 15) is 0 Å². The standard InChI is InChI=1S/C22H38N4O3S.HI/c1-8-23-21(24-16-22(2,3)30-7)26-11-9-25(10-12-26)15-17-13-18(27-4)20(29-6)19(14-17)28-5;/h13-14H,8-12,15-16H2,1-7H3,(H,23,24);1H. The van der Waals surface area contributed by atoms with Crippen LogP contribution in [0.25, 0.3) is 0 Å². The third-order valence-corrected chi connectivity index (χ3v) is 6.53. The van der Waals surface area contributed by atoms with E-state index in [1.807, 2.05) is 23.9 Å². The van der Waals surface area contributed by atoms with Crippen LogP contribution in [0.4, 0.5) is 0 Å². The molecule has 0 radical (unpaired) electrons. The number of aliphatic imine (C=N–C) groups is 1. The molecule has 0 aliphatic carbocycles. The highest BCUT2D eigenvalue weighted by molar-refractivity contribution is 14.0. The van der Waals surface area contributed by atoms with Crippen molar-refractivity contribution >= 4 is 41.7 Å².